The zero-order chi connectivity index (χ0) is 12.3. The molecule has 90 valence electrons. The van der Waals surface area contributed by atoms with Gasteiger partial charge in [-0.2, -0.15) is 5.10 Å². The SMILES string of the molecule is Cc1n[nH]c(C)c1C(=O)NCC(C)C(C)C. The molecule has 1 atom stereocenters. The zero-order valence-electron chi connectivity index (χ0n) is 10.7. The number of aromatic nitrogens is 2. The van der Waals surface area contributed by atoms with Crippen molar-refractivity contribution in [3.05, 3.63) is 17.0 Å². The number of rotatable bonds is 4. The summed E-state index contributed by atoms with van der Waals surface area (Å²) in [6, 6.07) is 0. The molecule has 0 radical (unpaired) electrons. The Kier molecular flexibility index (Phi) is 4.10. The van der Waals surface area contributed by atoms with Crippen LogP contribution < -0.4 is 5.32 Å². The summed E-state index contributed by atoms with van der Waals surface area (Å²) in [5.74, 6) is 1.03. The molecule has 0 aliphatic rings. The van der Waals surface area contributed by atoms with Gasteiger partial charge >= 0.3 is 0 Å². The molecule has 0 aliphatic carbocycles. The number of aromatic amines is 1. The van der Waals surface area contributed by atoms with E-state index in [1.54, 1.807) is 0 Å². The third kappa shape index (κ3) is 2.84. The summed E-state index contributed by atoms with van der Waals surface area (Å²) in [6.07, 6.45) is 0. The minimum absolute atomic E-state index is 0.0312. The van der Waals surface area contributed by atoms with E-state index in [-0.39, 0.29) is 5.91 Å². The minimum Gasteiger partial charge on any atom is -0.352 e. The smallest absolute Gasteiger partial charge is 0.255 e. The van der Waals surface area contributed by atoms with Crippen molar-refractivity contribution in [3.63, 3.8) is 0 Å². The number of hydrogen-bond acceptors (Lipinski definition) is 2. The lowest BCUT2D eigenvalue weighted by atomic mass is 9.98. The predicted molar refractivity (Wildman–Crippen MR) is 64.4 cm³/mol. The Hall–Kier alpha value is -1.32. The molecule has 1 rings (SSSR count). The van der Waals surface area contributed by atoms with E-state index in [9.17, 15) is 4.79 Å². The van der Waals surface area contributed by atoms with Crippen LogP contribution in [0.1, 0.15) is 42.5 Å². The maximum Gasteiger partial charge on any atom is 0.255 e. The van der Waals surface area contributed by atoms with E-state index in [0.29, 0.717) is 23.9 Å². The molecule has 1 aromatic rings. The molecule has 1 amide bonds. The maximum atomic E-state index is 11.9. The van der Waals surface area contributed by atoms with Crippen molar-refractivity contribution >= 4 is 5.91 Å². The first-order chi connectivity index (χ1) is 7.43. The van der Waals surface area contributed by atoms with Crippen LogP contribution in [-0.4, -0.2) is 22.6 Å². The van der Waals surface area contributed by atoms with Crippen LogP contribution in [0.4, 0.5) is 0 Å². The number of carbonyl (C=O) groups excluding carboxylic acids is 1. The Balaban J connectivity index is 2.60. The lowest BCUT2D eigenvalue weighted by Crippen LogP contribution is -2.30. The summed E-state index contributed by atoms with van der Waals surface area (Å²) in [6.45, 7) is 10.9. The molecule has 4 heteroatoms. The second kappa shape index (κ2) is 5.14. The summed E-state index contributed by atoms with van der Waals surface area (Å²) in [5, 5.41) is 9.78. The molecule has 0 spiro atoms. The van der Waals surface area contributed by atoms with Crippen molar-refractivity contribution < 1.29 is 4.79 Å². The van der Waals surface area contributed by atoms with Crippen molar-refractivity contribution in [3.8, 4) is 0 Å². The van der Waals surface area contributed by atoms with Gasteiger partial charge in [0.1, 0.15) is 0 Å². The molecule has 0 aliphatic heterocycles. The Morgan fingerprint density at radius 2 is 2.00 bits per heavy atom. The Bertz CT molecular complexity index is 349. The monoisotopic (exact) mass is 223 g/mol. The van der Waals surface area contributed by atoms with Crippen molar-refractivity contribution in [2.45, 2.75) is 34.6 Å². The highest BCUT2D eigenvalue weighted by molar-refractivity contribution is 5.96. The van der Waals surface area contributed by atoms with Gasteiger partial charge in [-0.05, 0) is 25.7 Å². The van der Waals surface area contributed by atoms with Gasteiger partial charge in [0.15, 0.2) is 0 Å². The molecule has 1 heterocycles. The number of nitrogens with one attached hydrogen (secondary N) is 2. The topological polar surface area (TPSA) is 57.8 Å². The van der Waals surface area contributed by atoms with E-state index in [0.717, 1.165) is 11.4 Å². The largest absolute Gasteiger partial charge is 0.352 e. The van der Waals surface area contributed by atoms with Gasteiger partial charge < -0.3 is 5.32 Å². The van der Waals surface area contributed by atoms with Crippen molar-refractivity contribution in [2.24, 2.45) is 11.8 Å². The number of nitrogens with zero attached hydrogens (tertiary/aromatic N) is 1. The molecular weight excluding hydrogens is 202 g/mol. The Morgan fingerprint density at radius 1 is 1.38 bits per heavy atom. The molecule has 0 aromatic carbocycles. The second-order valence-corrected chi connectivity index (χ2v) is 4.74. The van der Waals surface area contributed by atoms with E-state index in [1.165, 1.54) is 0 Å². The van der Waals surface area contributed by atoms with E-state index in [1.807, 2.05) is 13.8 Å². The quantitative estimate of drug-likeness (QED) is 0.820. The third-order valence-corrected chi connectivity index (χ3v) is 3.08. The standard InChI is InChI=1S/C12H21N3O/c1-7(2)8(3)6-13-12(16)11-9(4)14-15-10(11)5/h7-8H,6H2,1-5H3,(H,13,16)(H,14,15). The van der Waals surface area contributed by atoms with Crippen molar-refractivity contribution in [1.82, 2.24) is 15.5 Å². The molecule has 2 N–H and O–H groups in total. The predicted octanol–water partition coefficient (Wildman–Crippen LogP) is 2.05. The van der Waals surface area contributed by atoms with Crippen LogP contribution in [0, 0.1) is 25.7 Å². The highest BCUT2D eigenvalue weighted by atomic mass is 16.1. The molecular formula is C12H21N3O. The Morgan fingerprint density at radius 3 is 2.44 bits per heavy atom. The van der Waals surface area contributed by atoms with Gasteiger partial charge in [-0.15, -0.1) is 0 Å². The van der Waals surface area contributed by atoms with Crippen molar-refractivity contribution in [1.29, 1.82) is 0 Å². The average molecular weight is 223 g/mol. The summed E-state index contributed by atoms with van der Waals surface area (Å²) in [7, 11) is 0. The van der Waals surface area contributed by atoms with Crippen LogP contribution in [0.5, 0.6) is 0 Å². The van der Waals surface area contributed by atoms with Crippen LogP contribution in [0.15, 0.2) is 0 Å². The van der Waals surface area contributed by atoms with Crippen LogP contribution >= 0.6 is 0 Å². The molecule has 1 aromatic heterocycles. The van der Waals surface area contributed by atoms with Crippen molar-refractivity contribution in [2.75, 3.05) is 6.54 Å². The fraction of sp³-hybridized carbons (Fsp3) is 0.667. The molecule has 16 heavy (non-hydrogen) atoms. The van der Waals surface area contributed by atoms with Crippen LogP contribution in [0.25, 0.3) is 0 Å². The summed E-state index contributed by atoms with van der Waals surface area (Å²) < 4.78 is 0. The van der Waals surface area contributed by atoms with E-state index in [4.69, 9.17) is 0 Å². The van der Waals surface area contributed by atoms with Gasteiger partial charge in [0.05, 0.1) is 11.3 Å². The maximum absolute atomic E-state index is 11.9. The summed E-state index contributed by atoms with van der Waals surface area (Å²) in [5.41, 5.74) is 2.26. The van der Waals surface area contributed by atoms with Gasteiger partial charge in [-0.1, -0.05) is 20.8 Å². The molecule has 1 unspecified atom stereocenters. The van der Waals surface area contributed by atoms with Crippen LogP contribution in [0.2, 0.25) is 0 Å². The lowest BCUT2D eigenvalue weighted by molar-refractivity contribution is 0.0944. The number of amides is 1. The van der Waals surface area contributed by atoms with E-state index >= 15 is 0 Å². The molecule has 0 fully saturated rings. The van der Waals surface area contributed by atoms with Gasteiger partial charge in [0.2, 0.25) is 0 Å². The highest BCUT2D eigenvalue weighted by Gasteiger charge is 2.16. The summed E-state index contributed by atoms with van der Waals surface area (Å²) in [4.78, 5) is 11.9. The molecule has 0 saturated heterocycles. The molecule has 0 saturated carbocycles. The number of aryl methyl sites for hydroxylation is 2. The van der Waals surface area contributed by atoms with E-state index in [2.05, 4.69) is 36.3 Å². The first kappa shape index (κ1) is 12.7. The highest BCUT2D eigenvalue weighted by Crippen LogP contribution is 2.11. The van der Waals surface area contributed by atoms with Gasteiger partial charge in [-0.25, -0.2) is 0 Å². The average Bonchev–Trinajstić information content (AvgIpc) is 2.54. The fourth-order valence-corrected chi connectivity index (χ4v) is 1.46. The minimum atomic E-state index is -0.0312. The Labute approximate surface area is 96.8 Å². The van der Waals surface area contributed by atoms with Gasteiger partial charge in [0.25, 0.3) is 5.91 Å². The lowest BCUT2D eigenvalue weighted by Gasteiger charge is -2.16. The fourth-order valence-electron chi connectivity index (χ4n) is 1.46. The number of carbonyl (C=O) groups is 1. The van der Waals surface area contributed by atoms with Crippen LogP contribution in [-0.2, 0) is 0 Å². The first-order valence-corrected chi connectivity index (χ1v) is 5.73. The van der Waals surface area contributed by atoms with E-state index < -0.39 is 0 Å². The van der Waals surface area contributed by atoms with Crippen LogP contribution in [0.3, 0.4) is 0 Å². The number of hydrogen-bond donors (Lipinski definition) is 2. The number of H-pyrrole nitrogens is 1. The van der Waals surface area contributed by atoms with Gasteiger partial charge in [-0.3, -0.25) is 9.89 Å². The second-order valence-electron chi connectivity index (χ2n) is 4.74. The zero-order valence-corrected chi connectivity index (χ0v) is 10.7. The normalized spacial score (nSPS) is 12.9. The molecule has 0 bridgehead atoms. The molecule has 4 nitrogen and oxygen atoms in total. The summed E-state index contributed by atoms with van der Waals surface area (Å²) >= 11 is 0. The van der Waals surface area contributed by atoms with Gasteiger partial charge in [0, 0.05) is 12.2 Å². The third-order valence-electron chi connectivity index (χ3n) is 3.08. The first-order valence-electron chi connectivity index (χ1n) is 5.73.